The molecule has 4 rings (SSSR count). The zero-order valence-electron chi connectivity index (χ0n) is 16.5. The summed E-state index contributed by atoms with van der Waals surface area (Å²) in [5.74, 6) is 0.587. The van der Waals surface area contributed by atoms with Gasteiger partial charge in [-0.15, -0.1) is 33.9 Å². The third-order valence-electron chi connectivity index (χ3n) is 4.76. The molecule has 1 saturated heterocycles. The van der Waals surface area contributed by atoms with Gasteiger partial charge in [-0.2, -0.15) is 5.10 Å². The highest BCUT2D eigenvalue weighted by molar-refractivity contribution is 7.14. The molecule has 0 amide bonds. The van der Waals surface area contributed by atoms with Crippen molar-refractivity contribution >= 4 is 23.7 Å². The van der Waals surface area contributed by atoms with E-state index in [9.17, 15) is 0 Å². The Morgan fingerprint density at radius 2 is 1.82 bits per heavy atom. The molecule has 1 fully saturated rings. The second-order valence-corrected chi connectivity index (χ2v) is 9.40. The van der Waals surface area contributed by atoms with Gasteiger partial charge in [0.15, 0.2) is 0 Å². The molecule has 0 saturated carbocycles. The molecule has 0 aliphatic carbocycles. The molecule has 6 nitrogen and oxygen atoms in total. The summed E-state index contributed by atoms with van der Waals surface area (Å²) in [6.07, 6.45) is 5.72. The highest BCUT2D eigenvalue weighted by Gasteiger charge is 2.38. The van der Waals surface area contributed by atoms with Crippen LogP contribution in [0.15, 0.2) is 36.0 Å². The van der Waals surface area contributed by atoms with E-state index in [-0.39, 0.29) is 29.6 Å². The number of hydrogen-bond donors (Lipinski definition) is 2. The lowest BCUT2D eigenvalue weighted by molar-refractivity contribution is 0.0524. The van der Waals surface area contributed by atoms with Crippen molar-refractivity contribution in [3.8, 4) is 27.6 Å². The Hall–Kier alpha value is -1.96. The topological polar surface area (TPSA) is 75.7 Å². The van der Waals surface area contributed by atoms with Crippen molar-refractivity contribution in [1.82, 2.24) is 25.7 Å². The van der Waals surface area contributed by atoms with Gasteiger partial charge in [0, 0.05) is 41.7 Å². The number of thiophene rings is 1. The molecule has 28 heavy (non-hydrogen) atoms. The summed E-state index contributed by atoms with van der Waals surface area (Å²) in [4.78, 5) is 1.08. The predicted octanol–water partition coefficient (Wildman–Crippen LogP) is 4.71. The Bertz CT molecular complexity index is 889. The standard InChI is InChI=1S/C20H25N5OS.ClH/c1-19(2)8-15(9-20(3,4)25-19)26-18-6-5-16(23-24-18)17-7-13(12-27-17)14-10-21-22-11-14;/h5-7,10-12,15,25H,8-9H2,1-4H3,(H,21,22);1H. The quantitative estimate of drug-likeness (QED) is 0.640. The van der Waals surface area contributed by atoms with Crippen LogP contribution in [0.25, 0.3) is 21.7 Å². The number of H-pyrrole nitrogens is 1. The van der Waals surface area contributed by atoms with E-state index < -0.39 is 0 Å². The molecule has 0 unspecified atom stereocenters. The average molecular weight is 420 g/mol. The first-order valence-electron chi connectivity index (χ1n) is 9.18. The van der Waals surface area contributed by atoms with Gasteiger partial charge in [-0.05, 0) is 50.8 Å². The average Bonchev–Trinajstić information content (AvgIpc) is 3.24. The number of ether oxygens (including phenoxy) is 1. The molecule has 3 aromatic heterocycles. The van der Waals surface area contributed by atoms with Gasteiger partial charge in [0.1, 0.15) is 11.8 Å². The summed E-state index contributed by atoms with van der Waals surface area (Å²) in [7, 11) is 0. The van der Waals surface area contributed by atoms with Crippen molar-refractivity contribution in [2.75, 3.05) is 0 Å². The molecule has 3 aromatic rings. The Balaban J connectivity index is 0.00000225. The summed E-state index contributed by atoms with van der Waals surface area (Å²) >= 11 is 1.65. The van der Waals surface area contributed by atoms with E-state index in [2.05, 4.69) is 64.9 Å². The van der Waals surface area contributed by atoms with Crippen molar-refractivity contribution in [3.63, 3.8) is 0 Å². The van der Waals surface area contributed by atoms with E-state index in [1.807, 2.05) is 24.5 Å². The van der Waals surface area contributed by atoms with Crippen molar-refractivity contribution in [2.45, 2.75) is 57.7 Å². The highest BCUT2D eigenvalue weighted by atomic mass is 35.5. The second kappa shape index (κ2) is 7.81. The fourth-order valence-electron chi connectivity index (χ4n) is 4.03. The maximum absolute atomic E-state index is 6.16. The Morgan fingerprint density at radius 1 is 1.07 bits per heavy atom. The molecule has 0 aromatic carbocycles. The Morgan fingerprint density at radius 3 is 2.43 bits per heavy atom. The number of piperidine rings is 1. The number of rotatable bonds is 4. The predicted molar refractivity (Wildman–Crippen MR) is 115 cm³/mol. The molecule has 4 heterocycles. The molecule has 2 N–H and O–H groups in total. The van der Waals surface area contributed by atoms with Crippen LogP contribution in [0.4, 0.5) is 0 Å². The van der Waals surface area contributed by atoms with Gasteiger partial charge >= 0.3 is 0 Å². The van der Waals surface area contributed by atoms with Gasteiger partial charge in [-0.3, -0.25) is 5.10 Å². The largest absolute Gasteiger partial charge is 0.473 e. The van der Waals surface area contributed by atoms with E-state index >= 15 is 0 Å². The molecule has 0 spiro atoms. The van der Waals surface area contributed by atoms with Crippen molar-refractivity contribution < 1.29 is 4.74 Å². The first-order valence-corrected chi connectivity index (χ1v) is 10.1. The number of aromatic nitrogens is 4. The number of nitrogens with one attached hydrogen (secondary N) is 2. The molecular weight excluding hydrogens is 394 g/mol. The Labute approximate surface area is 175 Å². The lowest BCUT2D eigenvalue weighted by Crippen LogP contribution is -2.60. The van der Waals surface area contributed by atoms with Gasteiger partial charge in [-0.1, -0.05) is 0 Å². The van der Waals surface area contributed by atoms with Gasteiger partial charge in [0.05, 0.1) is 11.1 Å². The SMILES string of the molecule is CC1(C)CC(Oc2ccc(-c3cc(-c4cn[nH]c4)cs3)nn2)CC(C)(C)N1.Cl. The summed E-state index contributed by atoms with van der Waals surface area (Å²) in [6.45, 7) is 8.86. The third-order valence-corrected chi connectivity index (χ3v) is 5.72. The smallest absolute Gasteiger partial charge is 0.233 e. The third kappa shape index (κ3) is 4.71. The summed E-state index contributed by atoms with van der Waals surface area (Å²) < 4.78 is 6.16. The summed E-state index contributed by atoms with van der Waals surface area (Å²) in [5.41, 5.74) is 3.14. The van der Waals surface area contributed by atoms with E-state index in [1.165, 1.54) is 0 Å². The van der Waals surface area contributed by atoms with Crippen LogP contribution in [-0.4, -0.2) is 37.6 Å². The maximum Gasteiger partial charge on any atom is 0.233 e. The summed E-state index contributed by atoms with van der Waals surface area (Å²) in [6, 6.07) is 6.00. The van der Waals surface area contributed by atoms with Crippen molar-refractivity contribution in [1.29, 1.82) is 0 Å². The van der Waals surface area contributed by atoms with Crippen LogP contribution in [0.1, 0.15) is 40.5 Å². The lowest BCUT2D eigenvalue weighted by atomic mass is 9.81. The molecule has 150 valence electrons. The fourth-order valence-corrected chi connectivity index (χ4v) is 4.91. The molecule has 1 aliphatic heterocycles. The maximum atomic E-state index is 6.16. The van der Waals surface area contributed by atoms with Crippen LogP contribution >= 0.6 is 23.7 Å². The highest BCUT2D eigenvalue weighted by Crippen LogP contribution is 2.33. The second-order valence-electron chi connectivity index (χ2n) is 8.48. The van der Waals surface area contributed by atoms with E-state index in [1.54, 1.807) is 11.3 Å². The molecule has 1 aliphatic rings. The van der Waals surface area contributed by atoms with Crippen LogP contribution in [-0.2, 0) is 0 Å². The van der Waals surface area contributed by atoms with Crippen LogP contribution < -0.4 is 10.1 Å². The molecular formula is C20H26ClN5OS. The Kier molecular flexibility index (Phi) is 5.79. The van der Waals surface area contributed by atoms with Gasteiger partial charge in [0.25, 0.3) is 0 Å². The van der Waals surface area contributed by atoms with E-state index in [4.69, 9.17) is 4.74 Å². The number of aromatic amines is 1. The minimum Gasteiger partial charge on any atom is -0.473 e. The normalized spacial score (nSPS) is 18.4. The van der Waals surface area contributed by atoms with Gasteiger partial charge < -0.3 is 10.1 Å². The van der Waals surface area contributed by atoms with Crippen molar-refractivity contribution in [2.24, 2.45) is 0 Å². The minimum atomic E-state index is 0. The lowest BCUT2D eigenvalue weighted by Gasteiger charge is -2.46. The molecule has 8 heteroatoms. The number of nitrogens with zero attached hydrogens (tertiary/aromatic N) is 3. The minimum absolute atomic E-state index is 0. The van der Waals surface area contributed by atoms with E-state index in [0.29, 0.717) is 5.88 Å². The molecule has 0 atom stereocenters. The first-order chi connectivity index (χ1) is 12.8. The van der Waals surface area contributed by atoms with Crippen molar-refractivity contribution in [3.05, 3.63) is 36.0 Å². The van der Waals surface area contributed by atoms with Crippen LogP contribution in [0.2, 0.25) is 0 Å². The fraction of sp³-hybridized carbons (Fsp3) is 0.450. The number of hydrogen-bond acceptors (Lipinski definition) is 6. The van der Waals surface area contributed by atoms with Gasteiger partial charge in [-0.25, -0.2) is 0 Å². The zero-order valence-corrected chi connectivity index (χ0v) is 18.2. The van der Waals surface area contributed by atoms with Crippen LogP contribution in [0, 0.1) is 0 Å². The van der Waals surface area contributed by atoms with Crippen LogP contribution in [0.5, 0.6) is 5.88 Å². The summed E-state index contributed by atoms with van der Waals surface area (Å²) in [5, 5.41) is 21.3. The monoisotopic (exact) mass is 419 g/mol. The van der Waals surface area contributed by atoms with Crippen LogP contribution in [0.3, 0.4) is 0 Å². The van der Waals surface area contributed by atoms with Gasteiger partial charge in [0.2, 0.25) is 5.88 Å². The first kappa shape index (κ1) is 20.8. The number of halogens is 1. The zero-order chi connectivity index (χ0) is 19.1. The van der Waals surface area contributed by atoms with E-state index in [0.717, 1.165) is 34.5 Å². The molecule has 0 radical (unpaired) electrons. The molecule has 0 bridgehead atoms.